The number of carbonyl (C=O) groups excluding carboxylic acids is 2. The van der Waals surface area contributed by atoms with Gasteiger partial charge < -0.3 is 20.3 Å². The molecule has 2 atom stereocenters. The maximum absolute atomic E-state index is 12.4. The predicted molar refractivity (Wildman–Crippen MR) is 273 cm³/mol. The summed E-state index contributed by atoms with van der Waals surface area (Å²) in [5.74, 6) is -0.0312. The summed E-state index contributed by atoms with van der Waals surface area (Å²) >= 11 is 0. The van der Waals surface area contributed by atoms with Gasteiger partial charge in [-0.15, -0.1) is 0 Å². The Morgan fingerprint density at radius 2 is 0.746 bits per heavy atom. The molecule has 0 aliphatic carbocycles. The molecule has 63 heavy (non-hydrogen) atoms. The summed E-state index contributed by atoms with van der Waals surface area (Å²) < 4.78 is 5.48. The van der Waals surface area contributed by atoms with Crippen molar-refractivity contribution < 1.29 is 24.5 Å². The first-order valence-corrected chi connectivity index (χ1v) is 28.4. The molecule has 6 nitrogen and oxygen atoms in total. The van der Waals surface area contributed by atoms with Gasteiger partial charge in [-0.25, -0.2) is 0 Å². The van der Waals surface area contributed by atoms with Crippen LogP contribution in [0.3, 0.4) is 0 Å². The number of amides is 1. The van der Waals surface area contributed by atoms with Crippen LogP contribution in [-0.4, -0.2) is 47.4 Å². The zero-order valence-corrected chi connectivity index (χ0v) is 42.6. The number of ether oxygens (including phenoxy) is 1. The number of hydrogen-bond acceptors (Lipinski definition) is 5. The molecule has 0 aliphatic rings. The van der Waals surface area contributed by atoms with Crippen molar-refractivity contribution in [2.75, 3.05) is 13.2 Å². The summed E-state index contributed by atoms with van der Waals surface area (Å²) in [4.78, 5) is 24.4. The molecular formula is C57H111NO5. The van der Waals surface area contributed by atoms with Gasteiger partial charge in [0.05, 0.1) is 25.4 Å². The molecule has 0 spiro atoms. The number of allylic oxidation sites excluding steroid dienone is 2. The number of nitrogens with one attached hydrogen (secondary N) is 1. The number of carbonyl (C=O) groups is 2. The van der Waals surface area contributed by atoms with Crippen LogP contribution in [0.2, 0.25) is 0 Å². The van der Waals surface area contributed by atoms with Crippen molar-refractivity contribution >= 4 is 11.9 Å². The normalized spacial score (nSPS) is 12.6. The highest BCUT2D eigenvalue weighted by atomic mass is 16.5. The number of aliphatic hydroxyl groups is 2. The van der Waals surface area contributed by atoms with E-state index in [1.54, 1.807) is 0 Å². The average Bonchev–Trinajstić information content (AvgIpc) is 3.28. The quantitative estimate of drug-likeness (QED) is 0.0321. The first-order valence-electron chi connectivity index (χ1n) is 28.4. The summed E-state index contributed by atoms with van der Waals surface area (Å²) in [5.41, 5.74) is 0. The Morgan fingerprint density at radius 1 is 0.429 bits per heavy atom. The lowest BCUT2D eigenvalue weighted by Gasteiger charge is -2.22. The molecule has 374 valence electrons. The number of unbranched alkanes of at least 4 members (excludes halogenated alkanes) is 40. The van der Waals surface area contributed by atoms with E-state index >= 15 is 0 Å². The minimum atomic E-state index is -0.661. The zero-order valence-electron chi connectivity index (χ0n) is 42.6. The van der Waals surface area contributed by atoms with Crippen LogP contribution in [0, 0.1) is 0 Å². The van der Waals surface area contributed by atoms with Crippen molar-refractivity contribution in [2.24, 2.45) is 0 Å². The fourth-order valence-corrected chi connectivity index (χ4v) is 8.93. The zero-order chi connectivity index (χ0) is 45.8. The lowest BCUT2D eigenvalue weighted by Crippen LogP contribution is -2.45. The number of hydrogen-bond donors (Lipinski definition) is 3. The summed E-state index contributed by atoms with van der Waals surface area (Å²) in [7, 11) is 0. The van der Waals surface area contributed by atoms with Gasteiger partial charge in [-0.1, -0.05) is 264 Å². The van der Waals surface area contributed by atoms with E-state index < -0.39 is 12.1 Å². The van der Waals surface area contributed by atoms with E-state index in [9.17, 15) is 19.8 Å². The van der Waals surface area contributed by atoms with Crippen LogP contribution in [-0.2, 0) is 14.3 Å². The molecule has 1 amide bonds. The van der Waals surface area contributed by atoms with E-state index in [4.69, 9.17) is 4.74 Å². The Labute approximate surface area is 393 Å². The first kappa shape index (κ1) is 61.6. The highest BCUT2D eigenvalue weighted by Gasteiger charge is 2.20. The monoisotopic (exact) mass is 890 g/mol. The Morgan fingerprint density at radius 3 is 1.13 bits per heavy atom. The Balaban J connectivity index is 3.34. The fraction of sp³-hybridized carbons (Fsp3) is 0.930. The predicted octanol–water partition coefficient (Wildman–Crippen LogP) is 17.3. The van der Waals surface area contributed by atoms with Crippen LogP contribution < -0.4 is 5.32 Å². The standard InChI is InChI=1S/C57H111NO5/c1-3-5-7-9-11-13-14-15-24-28-31-35-39-43-47-51-57(62)63-52-48-44-40-36-32-29-26-23-21-19-17-16-18-20-22-25-27-30-34-38-42-46-50-56(61)58-54(53-59)55(60)49-45-41-37-33-12-10-8-6-4-2/h15,24,54-55,59-60H,3-14,16-23,25-53H2,1-2H3,(H,58,61)/b24-15-. The van der Waals surface area contributed by atoms with Gasteiger partial charge in [0.25, 0.3) is 0 Å². The third kappa shape index (κ3) is 49.9. The lowest BCUT2D eigenvalue weighted by molar-refractivity contribution is -0.143. The summed E-state index contributed by atoms with van der Waals surface area (Å²) in [5, 5.41) is 23.1. The van der Waals surface area contributed by atoms with Crippen molar-refractivity contribution in [3.05, 3.63) is 12.2 Å². The molecule has 0 fully saturated rings. The van der Waals surface area contributed by atoms with Crippen LogP contribution >= 0.6 is 0 Å². The third-order valence-corrected chi connectivity index (χ3v) is 13.3. The van der Waals surface area contributed by atoms with Crippen LogP contribution in [0.15, 0.2) is 12.2 Å². The highest BCUT2D eigenvalue weighted by molar-refractivity contribution is 5.76. The van der Waals surface area contributed by atoms with Crippen molar-refractivity contribution in [2.45, 2.75) is 328 Å². The molecule has 0 aromatic rings. The van der Waals surface area contributed by atoms with Crippen molar-refractivity contribution in [3.63, 3.8) is 0 Å². The topological polar surface area (TPSA) is 95.9 Å². The average molecular weight is 891 g/mol. The summed E-state index contributed by atoms with van der Waals surface area (Å²) in [6, 6.07) is -0.538. The van der Waals surface area contributed by atoms with E-state index in [1.165, 1.54) is 238 Å². The van der Waals surface area contributed by atoms with Crippen LogP contribution in [0.25, 0.3) is 0 Å². The lowest BCUT2D eigenvalue weighted by atomic mass is 10.0. The SMILES string of the molecule is CCCCCCCC/C=C\CCCCCCCC(=O)OCCCCCCCCCCCCCCCCCCCCCCCCC(=O)NC(CO)C(O)CCCCCCCCCCC. The minimum Gasteiger partial charge on any atom is -0.466 e. The molecular weight excluding hydrogens is 779 g/mol. The molecule has 2 unspecified atom stereocenters. The Hall–Kier alpha value is -1.40. The van der Waals surface area contributed by atoms with E-state index in [1.807, 2.05) is 0 Å². The highest BCUT2D eigenvalue weighted by Crippen LogP contribution is 2.17. The maximum Gasteiger partial charge on any atom is 0.305 e. The molecule has 0 rings (SSSR count). The van der Waals surface area contributed by atoms with Gasteiger partial charge >= 0.3 is 5.97 Å². The largest absolute Gasteiger partial charge is 0.466 e. The van der Waals surface area contributed by atoms with Crippen molar-refractivity contribution in [1.82, 2.24) is 5.32 Å². The second-order valence-corrected chi connectivity index (χ2v) is 19.6. The minimum absolute atomic E-state index is 0.00552. The molecule has 0 radical (unpaired) electrons. The molecule has 0 aliphatic heterocycles. The first-order chi connectivity index (χ1) is 31.0. The van der Waals surface area contributed by atoms with Crippen LogP contribution in [0.4, 0.5) is 0 Å². The van der Waals surface area contributed by atoms with Gasteiger partial charge in [-0.2, -0.15) is 0 Å². The van der Waals surface area contributed by atoms with E-state index in [2.05, 4.69) is 31.3 Å². The van der Waals surface area contributed by atoms with E-state index in [-0.39, 0.29) is 18.5 Å². The molecule has 0 heterocycles. The third-order valence-electron chi connectivity index (χ3n) is 13.3. The summed E-state index contributed by atoms with van der Waals surface area (Å²) in [6.07, 6.45) is 62.1. The van der Waals surface area contributed by atoms with Gasteiger partial charge in [0.1, 0.15) is 0 Å². The van der Waals surface area contributed by atoms with E-state index in [0.29, 0.717) is 25.9 Å². The molecule has 6 heteroatoms. The number of esters is 1. The van der Waals surface area contributed by atoms with Crippen molar-refractivity contribution in [3.8, 4) is 0 Å². The van der Waals surface area contributed by atoms with Gasteiger partial charge in [0.15, 0.2) is 0 Å². The molecule has 0 aromatic heterocycles. The smallest absolute Gasteiger partial charge is 0.305 e. The second kappa shape index (κ2) is 53.2. The molecule has 0 saturated heterocycles. The Kier molecular flexibility index (Phi) is 52.0. The van der Waals surface area contributed by atoms with Gasteiger partial charge in [0.2, 0.25) is 5.91 Å². The fourth-order valence-electron chi connectivity index (χ4n) is 8.93. The number of rotatable bonds is 53. The van der Waals surface area contributed by atoms with Crippen LogP contribution in [0.1, 0.15) is 316 Å². The second-order valence-electron chi connectivity index (χ2n) is 19.6. The molecule has 3 N–H and O–H groups in total. The van der Waals surface area contributed by atoms with Crippen molar-refractivity contribution in [1.29, 1.82) is 0 Å². The maximum atomic E-state index is 12.4. The molecule has 0 bridgehead atoms. The Bertz CT molecular complexity index is 939. The van der Waals surface area contributed by atoms with Gasteiger partial charge in [-0.05, 0) is 51.4 Å². The van der Waals surface area contributed by atoms with Gasteiger partial charge in [0, 0.05) is 12.8 Å². The molecule has 0 aromatic carbocycles. The van der Waals surface area contributed by atoms with Gasteiger partial charge in [-0.3, -0.25) is 9.59 Å². The molecule has 0 saturated carbocycles. The summed E-state index contributed by atoms with van der Waals surface area (Å²) in [6.45, 7) is 4.93. The number of aliphatic hydroxyl groups excluding tert-OH is 2. The van der Waals surface area contributed by atoms with Crippen LogP contribution in [0.5, 0.6) is 0 Å². The van der Waals surface area contributed by atoms with E-state index in [0.717, 1.165) is 44.9 Å².